The Morgan fingerprint density at radius 1 is 1.32 bits per heavy atom. The summed E-state index contributed by atoms with van der Waals surface area (Å²) < 4.78 is 0. The Bertz CT molecular complexity index is 552. The number of amides is 2. The highest BCUT2D eigenvalue weighted by atomic mass is 32.2. The second-order valence-electron chi connectivity index (χ2n) is 5.85. The molecule has 0 bridgehead atoms. The van der Waals surface area contributed by atoms with Crippen molar-refractivity contribution in [1.29, 1.82) is 0 Å². The molecule has 0 saturated carbocycles. The van der Waals surface area contributed by atoms with Gasteiger partial charge < -0.3 is 15.7 Å². The van der Waals surface area contributed by atoms with E-state index in [1.165, 1.54) is 0 Å². The molecule has 118 valence electrons. The average molecular weight is 320 g/mol. The van der Waals surface area contributed by atoms with E-state index < -0.39 is 11.9 Å². The largest absolute Gasteiger partial charge is 0.481 e. The number of hydrogen-bond acceptors (Lipinski definition) is 3. The molecule has 0 spiro atoms. The second-order valence-corrected chi connectivity index (χ2v) is 7.13. The zero-order chi connectivity index (χ0) is 15.5. The van der Waals surface area contributed by atoms with Gasteiger partial charge in [-0.1, -0.05) is 36.8 Å². The highest BCUT2D eigenvalue weighted by Gasteiger charge is 2.42. The second kappa shape index (κ2) is 6.60. The smallest absolute Gasteiger partial charge is 0.315 e. The molecule has 2 amide bonds. The number of aliphatic carboxylic acids is 1. The van der Waals surface area contributed by atoms with Gasteiger partial charge in [-0.3, -0.25) is 4.79 Å². The van der Waals surface area contributed by atoms with Gasteiger partial charge >= 0.3 is 12.0 Å². The number of nitrogens with one attached hydrogen (secondary N) is 2. The van der Waals surface area contributed by atoms with Crippen molar-refractivity contribution in [3.05, 3.63) is 35.9 Å². The van der Waals surface area contributed by atoms with E-state index in [0.29, 0.717) is 11.7 Å². The molecule has 3 N–H and O–H groups in total. The van der Waals surface area contributed by atoms with Gasteiger partial charge in [0.1, 0.15) is 0 Å². The Morgan fingerprint density at radius 2 is 2.09 bits per heavy atom. The van der Waals surface area contributed by atoms with Crippen molar-refractivity contribution in [3.63, 3.8) is 0 Å². The van der Waals surface area contributed by atoms with Crippen LogP contribution in [0.4, 0.5) is 4.79 Å². The highest BCUT2D eigenvalue weighted by Crippen LogP contribution is 2.34. The number of thioether (sulfide) groups is 1. The van der Waals surface area contributed by atoms with Crippen molar-refractivity contribution in [2.45, 2.75) is 42.5 Å². The number of carboxylic acids is 1. The van der Waals surface area contributed by atoms with Crippen LogP contribution in [-0.4, -0.2) is 40.2 Å². The molecule has 1 unspecified atom stereocenters. The SMILES string of the molecule is O=C1N[C@H]2[C@H](CS[C@H]2CCCC(C(=O)O)c2ccccc2)N1. The summed E-state index contributed by atoms with van der Waals surface area (Å²) in [5.74, 6) is -0.270. The van der Waals surface area contributed by atoms with E-state index in [0.717, 1.165) is 24.2 Å². The lowest BCUT2D eigenvalue weighted by Crippen LogP contribution is -2.36. The van der Waals surface area contributed by atoms with Gasteiger partial charge in [0.25, 0.3) is 0 Å². The van der Waals surface area contributed by atoms with Crippen molar-refractivity contribution in [3.8, 4) is 0 Å². The van der Waals surface area contributed by atoms with Crippen molar-refractivity contribution in [1.82, 2.24) is 10.6 Å². The van der Waals surface area contributed by atoms with E-state index in [4.69, 9.17) is 0 Å². The van der Waals surface area contributed by atoms with Crippen LogP contribution in [0.1, 0.15) is 30.7 Å². The van der Waals surface area contributed by atoms with Gasteiger partial charge in [0.15, 0.2) is 0 Å². The van der Waals surface area contributed by atoms with Crippen LogP contribution in [0.2, 0.25) is 0 Å². The number of hydrogen-bond donors (Lipinski definition) is 3. The Morgan fingerprint density at radius 3 is 2.82 bits per heavy atom. The highest BCUT2D eigenvalue weighted by molar-refractivity contribution is 8.00. The molecule has 3 rings (SSSR count). The third kappa shape index (κ3) is 3.21. The third-order valence-electron chi connectivity index (χ3n) is 4.42. The van der Waals surface area contributed by atoms with Crippen LogP contribution in [0.5, 0.6) is 0 Å². The molecule has 4 atom stereocenters. The lowest BCUT2D eigenvalue weighted by Gasteiger charge is -2.18. The molecule has 1 aromatic carbocycles. The molecule has 0 aromatic heterocycles. The maximum absolute atomic E-state index is 11.5. The lowest BCUT2D eigenvalue weighted by molar-refractivity contribution is -0.139. The minimum absolute atomic E-state index is 0.0759. The summed E-state index contributed by atoms with van der Waals surface area (Å²) in [6.07, 6.45) is 2.42. The minimum Gasteiger partial charge on any atom is -0.481 e. The van der Waals surface area contributed by atoms with Crippen molar-refractivity contribution in [2.24, 2.45) is 0 Å². The molecule has 1 aromatic rings. The molecule has 2 saturated heterocycles. The standard InChI is InChI=1S/C16H20N2O3S/c19-15(20)11(10-5-2-1-3-6-10)7-4-8-13-14-12(9-22-13)17-16(21)18-14/h1-3,5-6,11-14H,4,7-9H2,(H,19,20)(H2,17,18,21)/t11?,12-,13-,14-/m0/s1. The van der Waals surface area contributed by atoms with Crippen LogP contribution in [0.3, 0.4) is 0 Å². The number of fused-ring (bicyclic) bond motifs is 1. The topological polar surface area (TPSA) is 78.4 Å². The molecule has 0 radical (unpaired) electrons. The summed E-state index contributed by atoms with van der Waals surface area (Å²) in [6, 6.07) is 9.75. The van der Waals surface area contributed by atoms with Crippen molar-refractivity contribution < 1.29 is 14.7 Å². The third-order valence-corrected chi connectivity index (χ3v) is 5.93. The zero-order valence-corrected chi connectivity index (χ0v) is 13.0. The monoisotopic (exact) mass is 320 g/mol. The van der Waals surface area contributed by atoms with E-state index in [2.05, 4.69) is 10.6 Å². The summed E-state index contributed by atoms with van der Waals surface area (Å²) >= 11 is 1.87. The summed E-state index contributed by atoms with van der Waals surface area (Å²) in [4.78, 5) is 22.8. The first-order chi connectivity index (χ1) is 10.6. The summed E-state index contributed by atoms with van der Waals surface area (Å²) in [7, 11) is 0. The first-order valence-electron chi connectivity index (χ1n) is 7.61. The van der Waals surface area contributed by atoms with Crippen LogP contribution < -0.4 is 10.6 Å². The number of benzene rings is 1. The predicted molar refractivity (Wildman–Crippen MR) is 86.2 cm³/mol. The van der Waals surface area contributed by atoms with E-state index in [-0.39, 0.29) is 18.1 Å². The molecule has 2 fully saturated rings. The maximum Gasteiger partial charge on any atom is 0.315 e. The van der Waals surface area contributed by atoms with Gasteiger partial charge in [0.05, 0.1) is 18.0 Å². The van der Waals surface area contributed by atoms with Crippen LogP contribution in [0, 0.1) is 0 Å². The van der Waals surface area contributed by atoms with Gasteiger partial charge in [0.2, 0.25) is 0 Å². The summed E-state index contributed by atoms with van der Waals surface area (Å²) in [6.45, 7) is 0. The fourth-order valence-electron chi connectivity index (χ4n) is 3.28. The molecule has 2 aliphatic heterocycles. The number of carboxylic acid groups (broad SMARTS) is 1. The van der Waals surface area contributed by atoms with Gasteiger partial charge in [0, 0.05) is 11.0 Å². The molecular weight excluding hydrogens is 300 g/mol. The van der Waals surface area contributed by atoms with Gasteiger partial charge in [-0.2, -0.15) is 11.8 Å². The Hall–Kier alpha value is -1.69. The van der Waals surface area contributed by atoms with E-state index in [1.54, 1.807) is 0 Å². The van der Waals surface area contributed by atoms with Crippen LogP contribution >= 0.6 is 11.8 Å². The molecule has 2 heterocycles. The van der Waals surface area contributed by atoms with E-state index in [9.17, 15) is 14.7 Å². The fourth-order valence-corrected chi connectivity index (χ4v) is 4.83. The lowest BCUT2D eigenvalue weighted by atomic mass is 9.92. The average Bonchev–Trinajstić information content (AvgIpc) is 3.04. The fraction of sp³-hybridized carbons (Fsp3) is 0.500. The Kier molecular flexibility index (Phi) is 4.57. The zero-order valence-electron chi connectivity index (χ0n) is 12.2. The summed E-state index contributed by atoms with van der Waals surface area (Å²) in [5, 5.41) is 15.7. The van der Waals surface area contributed by atoms with E-state index >= 15 is 0 Å². The van der Waals surface area contributed by atoms with Gasteiger partial charge in [-0.05, 0) is 18.4 Å². The predicted octanol–water partition coefficient (Wildman–Crippen LogP) is 2.19. The van der Waals surface area contributed by atoms with Gasteiger partial charge in [-0.25, -0.2) is 4.79 Å². The van der Waals surface area contributed by atoms with Crippen LogP contribution in [0.25, 0.3) is 0 Å². The van der Waals surface area contributed by atoms with Crippen LogP contribution in [-0.2, 0) is 4.79 Å². The van der Waals surface area contributed by atoms with Crippen LogP contribution in [0.15, 0.2) is 30.3 Å². The first-order valence-corrected chi connectivity index (χ1v) is 8.66. The number of rotatable bonds is 6. The number of carbonyl (C=O) groups excluding carboxylic acids is 1. The number of carbonyl (C=O) groups is 2. The number of urea groups is 1. The van der Waals surface area contributed by atoms with Gasteiger partial charge in [-0.15, -0.1) is 0 Å². The quantitative estimate of drug-likeness (QED) is 0.702. The molecule has 6 heteroatoms. The molecule has 2 aliphatic rings. The minimum atomic E-state index is -0.765. The molecule has 5 nitrogen and oxygen atoms in total. The molecule has 0 aliphatic carbocycles. The normalized spacial score (nSPS) is 27.8. The van der Waals surface area contributed by atoms with Crippen molar-refractivity contribution in [2.75, 3.05) is 5.75 Å². The first kappa shape index (κ1) is 15.2. The Balaban J connectivity index is 1.53. The summed E-state index contributed by atoms with van der Waals surface area (Å²) in [5.41, 5.74) is 0.864. The van der Waals surface area contributed by atoms with Crippen molar-refractivity contribution >= 4 is 23.8 Å². The molecular formula is C16H20N2O3S. The Labute approximate surface area is 133 Å². The van der Waals surface area contributed by atoms with E-state index in [1.807, 2.05) is 42.1 Å². The molecule has 22 heavy (non-hydrogen) atoms. The maximum atomic E-state index is 11.5.